The Morgan fingerprint density at radius 3 is 2.88 bits per heavy atom. The van der Waals surface area contributed by atoms with Crippen molar-refractivity contribution in [2.45, 2.75) is 19.4 Å². The Morgan fingerprint density at radius 1 is 1.36 bits per heavy atom. The van der Waals surface area contributed by atoms with Crippen molar-refractivity contribution in [2.24, 2.45) is 0 Å². The van der Waals surface area contributed by atoms with E-state index in [0.717, 1.165) is 0 Å². The van der Waals surface area contributed by atoms with Crippen LogP contribution in [0.2, 0.25) is 0 Å². The number of halogens is 1. The number of methoxy groups -OCH3 is 1. The number of amides is 1. The summed E-state index contributed by atoms with van der Waals surface area (Å²) in [6, 6.07) is 2.91. The van der Waals surface area contributed by atoms with Gasteiger partial charge in [0.25, 0.3) is 0 Å². The summed E-state index contributed by atoms with van der Waals surface area (Å²) in [4.78, 5) is 24.8. The molecule has 0 aliphatic carbocycles. The molecule has 174 valence electrons. The fourth-order valence-corrected chi connectivity index (χ4v) is 4.10. The second-order valence-corrected chi connectivity index (χ2v) is 8.44. The van der Waals surface area contributed by atoms with Crippen LogP contribution >= 0.6 is 0 Å². The number of fused-ring (bicyclic) bond motifs is 1. The Bertz CT molecular complexity index is 1220. The molecule has 4 rings (SSSR count). The number of nitrogen functional groups attached to an aromatic ring is 1. The maximum absolute atomic E-state index is 15.0. The molecule has 3 aromatic rings. The van der Waals surface area contributed by atoms with Crippen molar-refractivity contribution in [3.63, 3.8) is 0 Å². The van der Waals surface area contributed by atoms with Gasteiger partial charge in [0.1, 0.15) is 29.4 Å². The molecule has 1 fully saturated rings. The van der Waals surface area contributed by atoms with Crippen molar-refractivity contribution in [1.29, 1.82) is 0 Å². The van der Waals surface area contributed by atoms with Gasteiger partial charge in [-0.1, -0.05) is 6.08 Å². The van der Waals surface area contributed by atoms with Crippen LogP contribution in [-0.2, 0) is 4.79 Å². The first-order valence-corrected chi connectivity index (χ1v) is 10.7. The molecular weight excluding hydrogens is 425 g/mol. The highest BCUT2D eigenvalue weighted by Crippen LogP contribution is 2.37. The molecule has 10 heteroatoms. The van der Waals surface area contributed by atoms with E-state index in [9.17, 15) is 9.18 Å². The highest BCUT2D eigenvalue weighted by atomic mass is 19.1. The van der Waals surface area contributed by atoms with Crippen LogP contribution in [0.15, 0.2) is 30.6 Å². The topological polar surface area (TPSA) is 102 Å². The van der Waals surface area contributed by atoms with E-state index in [1.807, 2.05) is 25.1 Å². The summed E-state index contributed by atoms with van der Waals surface area (Å²) in [5.74, 6) is 0.293. The van der Waals surface area contributed by atoms with E-state index in [0.29, 0.717) is 54.1 Å². The van der Waals surface area contributed by atoms with Gasteiger partial charge in [0.15, 0.2) is 5.65 Å². The van der Waals surface area contributed by atoms with Crippen molar-refractivity contribution < 1.29 is 13.9 Å². The third kappa shape index (κ3) is 4.38. The van der Waals surface area contributed by atoms with Crippen molar-refractivity contribution in [3.8, 4) is 17.0 Å². The maximum Gasteiger partial charge on any atom is 0.246 e. The average Bonchev–Trinajstić information content (AvgIpc) is 3.39. The van der Waals surface area contributed by atoms with Gasteiger partial charge in [-0.2, -0.15) is 5.10 Å². The Morgan fingerprint density at radius 2 is 2.15 bits per heavy atom. The largest absolute Gasteiger partial charge is 0.496 e. The summed E-state index contributed by atoms with van der Waals surface area (Å²) in [5.41, 5.74) is 7.99. The van der Waals surface area contributed by atoms with Crippen LogP contribution in [0.4, 0.5) is 10.2 Å². The van der Waals surface area contributed by atoms with E-state index in [1.54, 1.807) is 28.6 Å². The first kappa shape index (κ1) is 22.7. The fourth-order valence-electron chi connectivity index (χ4n) is 4.10. The number of carbonyl (C=O) groups is 1. The number of hydrogen-bond donors (Lipinski definition) is 1. The molecule has 33 heavy (non-hydrogen) atoms. The zero-order valence-corrected chi connectivity index (χ0v) is 19.2. The first-order valence-electron chi connectivity index (χ1n) is 10.7. The number of anilines is 1. The molecule has 2 N–H and O–H groups in total. The van der Waals surface area contributed by atoms with Gasteiger partial charge in [0.05, 0.1) is 18.5 Å². The third-order valence-electron chi connectivity index (χ3n) is 5.81. The Hall–Kier alpha value is -3.53. The number of benzene rings is 1. The lowest BCUT2D eigenvalue weighted by Crippen LogP contribution is -2.28. The van der Waals surface area contributed by atoms with Gasteiger partial charge < -0.3 is 20.3 Å². The maximum atomic E-state index is 15.0. The second-order valence-electron chi connectivity index (χ2n) is 8.44. The number of nitrogens with zero attached hydrogens (tertiary/aromatic N) is 6. The molecule has 3 heterocycles. The van der Waals surface area contributed by atoms with Crippen LogP contribution < -0.4 is 10.5 Å². The molecule has 1 amide bonds. The summed E-state index contributed by atoms with van der Waals surface area (Å²) >= 11 is 0. The molecule has 0 saturated carbocycles. The van der Waals surface area contributed by atoms with Crippen LogP contribution in [0.1, 0.15) is 18.0 Å². The smallest absolute Gasteiger partial charge is 0.246 e. The molecule has 1 aromatic carbocycles. The van der Waals surface area contributed by atoms with Gasteiger partial charge in [0, 0.05) is 31.3 Å². The van der Waals surface area contributed by atoms with Crippen LogP contribution in [0.5, 0.6) is 5.75 Å². The van der Waals surface area contributed by atoms with E-state index >= 15 is 0 Å². The Kier molecular flexibility index (Phi) is 6.28. The molecule has 2 aromatic heterocycles. The van der Waals surface area contributed by atoms with E-state index < -0.39 is 5.82 Å². The van der Waals surface area contributed by atoms with Crippen molar-refractivity contribution in [1.82, 2.24) is 29.5 Å². The number of ether oxygens (including phenoxy) is 1. The third-order valence-corrected chi connectivity index (χ3v) is 5.81. The number of nitrogens with two attached hydrogens (primary N) is 1. The quantitative estimate of drug-likeness (QED) is 0.572. The molecule has 0 radical (unpaired) electrons. The van der Waals surface area contributed by atoms with Crippen LogP contribution in [0.25, 0.3) is 22.3 Å². The zero-order valence-electron chi connectivity index (χ0n) is 19.2. The fraction of sp³-hybridized carbons (Fsp3) is 0.391. The number of rotatable bonds is 6. The summed E-state index contributed by atoms with van der Waals surface area (Å²) in [7, 11) is 5.43. The van der Waals surface area contributed by atoms with E-state index in [-0.39, 0.29) is 23.3 Å². The predicted molar refractivity (Wildman–Crippen MR) is 124 cm³/mol. The average molecular weight is 454 g/mol. The summed E-state index contributed by atoms with van der Waals surface area (Å²) in [5, 5.41) is 5.21. The van der Waals surface area contributed by atoms with Crippen LogP contribution in [-0.4, -0.2) is 76.3 Å². The van der Waals surface area contributed by atoms with E-state index in [1.165, 1.54) is 19.5 Å². The molecule has 1 atom stereocenters. The molecule has 0 bridgehead atoms. The van der Waals surface area contributed by atoms with Crippen molar-refractivity contribution in [2.75, 3.05) is 46.6 Å². The number of aryl methyl sites for hydroxylation is 1. The van der Waals surface area contributed by atoms with Crippen LogP contribution in [0.3, 0.4) is 0 Å². The minimum absolute atomic E-state index is 0.0421. The lowest BCUT2D eigenvalue weighted by atomic mass is 10.1. The summed E-state index contributed by atoms with van der Waals surface area (Å²) < 4.78 is 22.1. The highest BCUT2D eigenvalue weighted by Gasteiger charge is 2.30. The second kappa shape index (κ2) is 9.14. The predicted octanol–water partition coefficient (Wildman–Crippen LogP) is 2.42. The Balaban J connectivity index is 1.71. The number of hydrogen-bond acceptors (Lipinski definition) is 7. The highest BCUT2D eigenvalue weighted by molar-refractivity contribution is 5.98. The summed E-state index contributed by atoms with van der Waals surface area (Å²) in [6.45, 7) is 3.54. The SMILES string of the molecule is COc1cc(-c2nn([C@@H]3CCN(C(=O)/C=C/CN(C)C)C3)c3ncnc(N)c23)c(F)cc1C. The van der Waals surface area contributed by atoms with E-state index in [4.69, 9.17) is 15.6 Å². The minimum Gasteiger partial charge on any atom is -0.496 e. The Labute approximate surface area is 191 Å². The number of carbonyl (C=O) groups excluding carboxylic acids is 1. The van der Waals surface area contributed by atoms with Gasteiger partial charge in [-0.3, -0.25) is 4.79 Å². The molecule has 9 nitrogen and oxygen atoms in total. The summed E-state index contributed by atoms with van der Waals surface area (Å²) in [6.07, 6.45) is 5.52. The molecular formula is C23H28FN7O2. The zero-order chi connectivity index (χ0) is 23.7. The van der Waals surface area contributed by atoms with Gasteiger partial charge in [0.2, 0.25) is 5.91 Å². The lowest BCUT2D eigenvalue weighted by Gasteiger charge is -2.15. The van der Waals surface area contributed by atoms with Gasteiger partial charge >= 0.3 is 0 Å². The monoisotopic (exact) mass is 453 g/mol. The molecule has 1 aliphatic rings. The standard InChI is InChI=1S/C23H28FN7O2/c1-14-10-17(24)16(11-18(14)33-4)21-20-22(25)26-13-27-23(20)31(28-21)15-7-9-30(12-15)19(32)6-5-8-29(2)3/h5-6,10-11,13,15H,7-9,12H2,1-4H3,(H2,25,26,27)/b6-5+/t15-/m1/s1. The first-order chi connectivity index (χ1) is 15.8. The van der Waals surface area contributed by atoms with Gasteiger partial charge in [-0.15, -0.1) is 0 Å². The molecule has 0 unspecified atom stereocenters. The normalized spacial score (nSPS) is 16.4. The lowest BCUT2D eigenvalue weighted by molar-refractivity contribution is -0.125. The van der Waals surface area contributed by atoms with Crippen molar-refractivity contribution >= 4 is 22.8 Å². The number of likely N-dealkylation sites (tertiary alicyclic amines) is 1. The molecule has 1 saturated heterocycles. The van der Waals surface area contributed by atoms with Crippen LogP contribution in [0, 0.1) is 12.7 Å². The minimum atomic E-state index is -0.433. The number of likely N-dealkylation sites (N-methyl/N-ethyl adjacent to an activating group) is 1. The van der Waals surface area contributed by atoms with E-state index in [2.05, 4.69) is 9.97 Å². The van der Waals surface area contributed by atoms with Crippen molar-refractivity contribution in [3.05, 3.63) is 42.0 Å². The molecule has 0 spiro atoms. The number of aromatic nitrogens is 4. The van der Waals surface area contributed by atoms with Gasteiger partial charge in [-0.25, -0.2) is 19.0 Å². The van der Waals surface area contributed by atoms with Gasteiger partial charge in [-0.05, 0) is 45.1 Å². The molecule has 1 aliphatic heterocycles.